The lowest BCUT2D eigenvalue weighted by atomic mass is 9.78. The van der Waals surface area contributed by atoms with E-state index >= 15 is 0 Å². The summed E-state index contributed by atoms with van der Waals surface area (Å²) in [5, 5.41) is 0. The van der Waals surface area contributed by atoms with Crippen molar-refractivity contribution < 1.29 is 19.1 Å². The number of carbonyl (C=O) groups is 2. The Morgan fingerprint density at radius 2 is 1.95 bits per heavy atom. The molecule has 19 heavy (non-hydrogen) atoms. The fourth-order valence-corrected chi connectivity index (χ4v) is 2.39. The summed E-state index contributed by atoms with van der Waals surface area (Å²) >= 11 is 0. The van der Waals surface area contributed by atoms with Gasteiger partial charge in [-0.25, -0.2) is 0 Å². The van der Waals surface area contributed by atoms with Crippen molar-refractivity contribution >= 4 is 11.8 Å². The number of rotatable bonds is 4. The van der Waals surface area contributed by atoms with Crippen molar-refractivity contribution in [3.05, 3.63) is 47.7 Å². The third-order valence-electron chi connectivity index (χ3n) is 3.43. The van der Waals surface area contributed by atoms with Crippen LogP contribution in [0.2, 0.25) is 0 Å². The lowest BCUT2D eigenvalue weighted by Crippen LogP contribution is -2.39. The van der Waals surface area contributed by atoms with Gasteiger partial charge in [-0.05, 0) is 12.0 Å². The van der Waals surface area contributed by atoms with E-state index in [0.717, 1.165) is 5.56 Å². The molecule has 0 aliphatic heterocycles. The lowest BCUT2D eigenvalue weighted by molar-refractivity contribution is -0.156. The first-order valence-electron chi connectivity index (χ1n) is 6.04. The average Bonchev–Trinajstić information content (AvgIpc) is 2.76. The molecule has 4 nitrogen and oxygen atoms in total. The van der Waals surface area contributed by atoms with Crippen LogP contribution >= 0.6 is 0 Å². The van der Waals surface area contributed by atoms with E-state index in [1.165, 1.54) is 20.3 Å². The monoisotopic (exact) mass is 260 g/mol. The van der Waals surface area contributed by atoms with E-state index < -0.39 is 11.4 Å². The van der Waals surface area contributed by atoms with Gasteiger partial charge >= 0.3 is 5.97 Å². The highest BCUT2D eigenvalue weighted by molar-refractivity contribution is 6.11. The zero-order valence-corrected chi connectivity index (χ0v) is 11.0. The Labute approximate surface area is 112 Å². The number of carbonyl (C=O) groups excluding carboxylic acids is 2. The molecule has 2 rings (SSSR count). The molecule has 1 aliphatic rings. The van der Waals surface area contributed by atoms with Gasteiger partial charge < -0.3 is 9.47 Å². The van der Waals surface area contributed by atoms with Crippen LogP contribution in [0.3, 0.4) is 0 Å². The molecule has 1 atom stereocenters. The Bertz CT molecular complexity index is 518. The van der Waals surface area contributed by atoms with Crippen molar-refractivity contribution in [1.82, 2.24) is 0 Å². The zero-order valence-electron chi connectivity index (χ0n) is 11.0. The number of hydrogen-bond donors (Lipinski definition) is 0. The van der Waals surface area contributed by atoms with Gasteiger partial charge in [0.25, 0.3) is 0 Å². The fraction of sp³-hybridized carbons (Fsp3) is 0.333. The molecule has 1 aromatic rings. The van der Waals surface area contributed by atoms with E-state index in [9.17, 15) is 9.59 Å². The third kappa shape index (κ3) is 2.38. The van der Waals surface area contributed by atoms with Crippen LogP contribution in [0.1, 0.15) is 12.0 Å². The summed E-state index contributed by atoms with van der Waals surface area (Å²) in [4.78, 5) is 24.3. The second kappa shape index (κ2) is 5.26. The molecule has 0 fully saturated rings. The summed E-state index contributed by atoms with van der Waals surface area (Å²) in [6.07, 6.45) is 1.96. The molecule has 1 unspecified atom stereocenters. The van der Waals surface area contributed by atoms with E-state index in [1.54, 1.807) is 0 Å². The molecule has 0 heterocycles. The van der Waals surface area contributed by atoms with Gasteiger partial charge in [-0.1, -0.05) is 30.3 Å². The van der Waals surface area contributed by atoms with Gasteiger partial charge in [-0.15, -0.1) is 0 Å². The summed E-state index contributed by atoms with van der Waals surface area (Å²) < 4.78 is 9.93. The molecule has 1 aliphatic carbocycles. The molecule has 0 spiro atoms. The Kier molecular flexibility index (Phi) is 3.69. The summed E-state index contributed by atoms with van der Waals surface area (Å²) in [5.74, 6) is -0.240. The van der Waals surface area contributed by atoms with Crippen LogP contribution in [0.25, 0.3) is 0 Å². The largest absolute Gasteiger partial charge is 0.501 e. The van der Waals surface area contributed by atoms with Crippen LogP contribution in [-0.2, 0) is 25.5 Å². The van der Waals surface area contributed by atoms with Crippen molar-refractivity contribution in [1.29, 1.82) is 0 Å². The van der Waals surface area contributed by atoms with Crippen LogP contribution < -0.4 is 0 Å². The van der Waals surface area contributed by atoms with E-state index in [0.29, 0.717) is 12.2 Å². The first-order chi connectivity index (χ1) is 9.12. The molecule has 0 amide bonds. The normalized spacial score (nSPS) is 22.0. The maximum absolute atomic E-state index is 12.2. The third-order valence-corrected chi connectivity index (χ3v) is 3.43. The van der Waals surface area contributed by atoms with Crippen molar-refractivity contribution in [3.63, 3.8) is 0 Å². The summed E-state index contributed by atoms with van der Waals surface area (Å²) in [7, 11) is 2.79. The topological polar surface area (TPSA) is 52.6 Å². The molecular formula is C15H16O4. The number of hydrogen-bond acceptors (Lipinski definition) is 4. The minimum Gasteiger partial charge on any atom is -0.501 e. The average molecular weight is 260 g/mol. The molecule has 1 aromatic carbocycles. The highest BCUT2D eigenvalue weighted by Crippen LogP contribution is 2.39. The van der Waals surface area contributed by atoms with Gasteiger partial charge in [0.1, 0.15) is 11.2 Å². The van der Waals surface area contributed by atoms with E-state index in [2.05, 4.69) is 0 Å². The minimum atomic E-state index is -1.18. The second-order valence-electron chi connectivity index (χ2n) is 4.59. The van der Waals surface area contributed by atoms with Gasteiger partial charge in [0.2, 0.25) is 0 Å². The van der Waals surface area contributed by atoms with Gasteiger partial charge in [0, 0.05) is 12.5 Å². The summed E-state index contributed by atoms with van der Waals surface area (Å²) in [6.45, 7) is 0. The van der Waals surface area contributed by atoms with Gasteiger partial charge in [-0.3, -0.25) is 9.59 Å². The number of ether oxygens (including phenoxy) is 2. The Balaban J connectivity index is 2.33. The molecule has 0 saturated carbocycles. The van der Waals surface area contributed by atoms with Gasteiger partial charge in [0.05, 0.1) is 14.2 Å². The molecule has 100 valence electrons. The second-order valence-corrected chi connectivity index (χ2v) is 4.59. The van der Waals surface area contributed by atoms with Gasteiger partial charge in [0.15, 0.2) is 5.78 Å². The SMILES string of the molecule is COC(=O)C1(Cc2ccccc2)CC(OC)=CC1=O. The number of benzene rings is 1. The highest BCUT2D eigenvalue weighted by atomic mass is 16.5. The minimum absolute atomic E-state index is 0.250. The molecule has 0 aromatic heterocycles. The number of methoxy groups -OCH3 is 2. The number of esters is 1. The van der Waals surface area contributed by atoms with Crippen molar-refractivity contribution in [2.24, 2.45) is 5.41 Å². The smallest absolute Gasteiger partial charge is 0.320 e. The van der Waals surface area contributed by atoms with Crippen LogP contribution in [0.5, 0.6) is 0 Å². The van der Waals surface area contributed by atoms with Crippen molar-refractivity contribution in [2.75, 3.05) is 14.2 Å². The summed E-state index contributed by atoms with van der Waals surface area (Å²) in [5.41, 5.74) is -0.256. The van der Waals surface area contributed by atoms with Crippen molar-refractivity contribution in [3.8, 4) is 0 Å². The van der Waals surface area contributed by atoms with E-state index in [-0.39, 0.29) is 12.2 Å². The Morgan fingerprint density at radius 3 is 2.47 bits per heavy atom. The van der Waals surface area contributed by atoms with E-state index in [1.807, 2.05) is 30.3 Å². The van der Waals surface area contributed by atoms with E-state index in [4.69, 9.17) is 9.47 Å². The lowest BCUT2D eigenvalue weighted by Gasteiger charge is -2.24. The van der Waals surface area contributed by atoms with Crippen LogP contribution in [-0.4, -0.2) is 26.0 Å². The first-order valence-corrected chi connectivity index (χ1v) is 6.04. The molecule has 0 radical (unpaired) electrons. The molecule has 0 saturated heterocycles. The fourth-order valence-electron chi connectivity index (χ4n) is 2.39. The molecular weight excluding hydrogens is 244 g/mol. The first kappa shape index (κ1) is 13.3. The molecule has 0 N–H and O–H groups in total. The predicted molar refractivity (Wildman–Crippen MR) is 69.3 cm³/mol. The molecule has 4 heteroatoms. The maximum Gasteiger partial charge on any atom is 0.320 e. The quantitative estimate of drug-likeness (QED) is 0.613. The summed E-state index contributed by atoms with van der Waals surface area (Å²) in [6, 6.07) is 9.43. The predicted octanol–water partition coefficient (Wildman–Crippen LogP) is 1.89. The maximum atomic E-state index is 12.2. The van der Waals surface area contributed by atoms with Crippen molar-refractivity contribution in [2.45, 2.75) is 12.8 Å². The standard InChI is InChI=1S/C15H16O4/c1-18-12-8-13(16)15(10-12,14(17)19-2)9-11-6-4-3-5-7-11/h3-8H,9-10H2,1-2H3. The number of ketones is 1. The van der Waals surface area contributed by atoms with Crippen LogP contribution in [0.4, 0.5) is 0 Å². The number of allylic oxidation sites excluding steroid dienone is 2. The van der Waals surface area contributed by atoms with Crippen LogP contribution in [0.15, 0.2) is 42.2 Å². The van der Waals surface area contributed by atoms with Gasteiger partial charge in [-0.2, -0.15) is 0 Å². The van der Waals surface area contributed by atoms with Crippen LogP contribution in [0, 0.1) is 5.41 Å². The Hall–Kier alpha value is -2.10. The zero-order chi connectivity index (χ0) is 13.9. The Morgan fingerprint density at radius 1 is 1.26 bits per heavy atom. The molecule has 0 bridgehead atoms. The highest BCUT2D eigenvalue weighted by Gasteiger charge is 2.50.